The predicted molar refractivity (Wildman–Crippen MR) is 63.1 cm³/mol. The average Bonchev–Trinajstić information content (AvgIpc) is 3.11. The van der Waals surface area contributed by atoms with Crippen molar-refractivity contribution in [1.29, 1.82) is 0 Å². The summed E-state index contributed by atoms with van der Waals surface area (Å²) in [6.07, 6.45) is 7.48. The van der Waals surface area contributed by atoms with Crippen LogP contribution in [0, 0.1) is 11.8 Å². The summed E-state index contributed by atoms with van der Waals surface area (Å²) in [5.74, 6) is 1.15. The van der Waals surface area contributed by atoms with Crippen LogP contribution in [0.2, 0.25) is 0 Å². The van der Waals surface area contributed by atoms with Gasteiger partial charge in [0, 0.05) is 6.04 Å². The van der Waals surface area contributed by atoms with Crippen LogP contribution in [0.1, 0.15) is 45.4 Å². The Hall–Kier alpha value is -0.570. The maximum Gasteiger partial charge on any atom is 0.323 e. The van der Waals surface area contributed by atoms with Crippen molar-refractivity contribution in [2.75, 3.05) is 7.11 Å². The maximum atomic E-state index is 11.7. The number of hydrogen-bond donors (Lipinski definition) is 1. The summed E-state index contributed by atoms with van der Waals surface area (Å²) in [5, 5.41) is 3.54. The lowest BCUT2D eigenvalue weighted by atomic mass is 9.85. The molecule has 0 aromatic rings. The first kappa shape index (κ1) is 11.9. The van der Waals surface area contributed by atoms with E-state index in [4.69, 9.17) is 4.74 Å². The van der Waals surface area contributed by atoms with Crippen molar-refractivity contribution in [3.8, 4) is 0 Å². The lowest BCUT2D eigenvalue weighted by Gasteiger charge is -2.32. The number of carbonyl (C=O) groups is 1. The van der Waals surface area contributed by atoms with Crippen LogP contribution in [-0.2, 0) is 9.53 Å². The van der Waals surface area contributed by atoms with Gasteiger partial charge in [0.15, 0.2) is 0 Å². The zero-order valence-electron chi connectivity index (χ0n) is 10.4. The molecule has 3 atom stereocenters. The second-order valence-electron chi connectivity index (χ2n) is 5.37. The first-order valence-electron chi connectivity index (χ1n) is 6.56. The molecule has 0 aromatic heterocycles. The summed E-state index contributed by atoms with van der Waals surface area (Å²) in [6.45, 7) is 2.29. The number of ether oxygens (including phenoxy) is 1. The van der Waals surface area contributed by atoms with E-state index >= 15 is 0 Å². The fourth-order valence-corrected chi connectivity index (χ4v) is 2.75. The Kier molecular flexibility index (Phi) is 3.85. The van der Waals surface area contributed by atoms with E-state index in [1.54, 1.807) is 0 Å². The van der Waals surface area contributed by atoms with E-state index in [1.165, 1.54) is 45.6 Å². The van der Waals surface area contributed by atoms with Gasteiger partial charge >= 0.3 is 5.97 Å². The van der Waals surface area contributed by atoms with Gasteiger partial charge in [-0.15, -0.1) is 0 Å². The number of esters is 1. The van der Waals surface area contributed by atoms with Crippen LogP contribution in [-0.4, -0.2) is 25.2 Å². The van der Waals surface area contributed by atoms with E-state index in [0.29, 0.717) is 17.9 Å². The Morgan fingerprint density at radius 2 is 1.94 bits per heavy atom. The zero-order valence-corrected chi connectivity index (χ0v) is 10.4. The first-order chi connectivity index (χ1) is 7.72. The van der Waals surface area contributed by atoms with Crippen molar-refractivity contribution in [2.45, 2.75) is 57.5 Å². The second kappa shape index (κ2) is 5.17. The molecule has 92 valence electrons. The molecular weight excluding hydrogens is 202 g/mol. The largest absolute Gasteiger partial charge is 0.468 e. The Balaban J connectivity index is 1.91. The van der Waals surface area contributed by atoms with Gasteiger partial charge in [-0.05, 0) is 37.5 Å². The van der Waals surface area contributed by atoms with E-state index < -0.39 is 0 Å². The van der Waals surface area contributed by atoms with Crippen LogP contribution in [0.5, 0.6) is 0 Å². The molecule has 0 bridgehead atoms. The minimum absolute atomic E-state index is 0.0458. The van der Waals surface area contributed by atoms with Gasteiger partial charge in [0.05, 0.1) is 7.11 Å². The molecule has 2 aliphatic rings. The summed E-state index contributed by atoms with van der Waals surface area (Å²) in [5.41, 5.74) is 0. The number of methoxy groups -OCH3 is 1. The van der Waals surface area contributed by atoms with Gasteiger partial charge in [-0.2, -0.15) is 0 Å². The monoisotopic (exact) mass is 225 g/mol. The third-order valence-corrected chi connectivity index (χ3v) is 4.05. The normalized spacial score (nSPS) is 32.1. The smallest absolute Gasteiger partial charge is 0.323 e. The van der Waals surface area contributed by atoms with Gasteiger partial charge in [-0.3, -0.25) is 4.79 Å². The van der Waals surface area contributed by atoms with Gasteiger partial charge in [0.2, 0.25) is 0 Å². The van der Waals surface area contributed by atoms with E-state index in [0.717, 1.165) is 0 Å². The van der Waals surface area contributed by atoms with Crippen molar-refractivity contribution >= 4 is 5.97 Å². The van der Waals surface area contributed by atoms with E-state index in [2.05, 4.69) is 12.2 Å². The number of rotatable bonds is 4. The van der Waals surface area contributed by atoms with Crippen LogP contribution in [0.15, 0.2) is 0 Å². The summed E-state index contributed by atoms with van der Waals surface area (Å²) in [4.78, 5) is 11.7. The second-order valence-corrected chi connectivity index (χ2v) is 5.37. The molecule has 3 heteroatoms. The van der Waals surface area contributed by atoms with Crippen LogP contribution >= 0.6 is 0 Å². The summed E-state index contributed by atoms with van der Waals surface area (Å²) in [7, 11) is 1.49. The number of hydrogen-bond acceptors (Lipinski definition) is 3. The topological polar surface area (TPSA) is 38.3 Å². The zero-order chi connectivity index (χ0) is 11.5. The van der Waals surface area contributed by atoms with Gasteiger partial charge < -0.3 is 10.1 Å². The molecule has 3 unspecified atom stereocenters. The van der Waals surface area contributed by atoms with Crippen LogP contribution in [0.4, 0.5) is 0 Å². The highest BCUT2D eigenvalue weighted by atomic mass is 16.5. The Labute approximate surface area is 97.9 Å². The van der Waals surface area contributed by atoms with Gasteiger partial charge in [-0.1, -0.05) is 19.8 Å². The van der Waals surface area contributed by atoms with Gasteiger partial charge in [0.1, 0.15) is 6.04 Å². The molecule has 0 aromatic carbocycles. The van der Waals surface area contributed by atoms with Crippen molar-refractivity contribution in [3.05, 3.63) is 0 Å². The molecule has 2 rings (SSSR count). The highest BCUT2D eigenvalue weighted by Crippen LogP contribution is 2.34. The highest BCUT2D eigenvalue weighted by molar-refractivity contribution is 5.76. The predicted octanol–water partition coefficient (Wildman–Crippen LogP) is 2.11. The molecule has 0 spiro atoms. The fourth-order valence-electron chi connectivity index (χ4n) is 2.75. The molecule has 0 aliphatic heterocycles. The maximum absolute atomic E-state index is 11.7. The molecule has 0 saturated heterocycles. The highest BCUT2D eigenvalue weighted by Gasteiger charge is 2.39. The molecule has 2 saturated carbocycles. The minimum Gasteiger partial charge on any atom is -0.468 e. The van der Waals surface area contributed by atoms with Gasteiger partial charge in [0.25, 0.3) is 0 Å². The lowest BCUT2D eigenvalue weighted by Crippen LogP contribution is -2.48. The molecule has 16 heavy (non-hydrogen) atoms. The molecule has 2 fully saturated rings. The van der Waals surface area contributed by atoms with Crippen LogP contribution in [0.25, 0.3) is 0 Å². The Morgan fingerprint density at radius 3 is 2.50 bits per heavy atom. The van der Waals surface area contributed by atoms with Gasteiger partial charge in [-0.25, -0.2) is 0 Å². The lowest BCUT2D eigenvalue weighted by molar-refractivity contribution is -0.144. The van der Waals surface area contributed by atoms with E-state index in [9.17, 15) is 4.79 Å². The minimum atomic E-state index is -0.0692. The van der Waals surface area contributed by atoms with Crippen molar-refractivity contribution in [2.24, 2.45) is 11.8 Å². The average molecular weight is 225 g/mol. The third kappa shape index (κ3) is 2.76. The molecule has 0 amide bonds. The molecule has 0 heterocycles. The third-order valence-electron chi connectivity index (χ3n) is 4.05. The molecule has 0 radical (unpaired) electrons. The van der Waals surface area contributed by atoms with Crippen molar-refractivity contribution < 1.29 is 9.53 Å². The molecule has 1 N–H and O–H groups in total. The van der Waals surface area contributed by atoms with E-state index in [-0.39, 0.29) is 12.0 Å². The number of carbonyl (C=O) groups excluding carboxylic acids is 1. The quantitative estimate of drug-likeness (QED) is 0.745. The van der Waals surface area contributed by atoms with Crippen molar-refractivity contribution in [3.63, 3.8) is 0 Å². The molecule has 2 aliphatic carbocycles. The first-order valence-corrected chi connectivity index (χ1v) is 6.56. The van der Waals surface area contributed by atoms with Crippen LogP contribution < -0.4 is 5.32 Å². The fraction of sp³-hybridized carbons (Fsp3) is 0.923. The van der Waals surface area contributed by atoms with E-state index in [1.807, 2.05) is 0 Å². The molecule has 3 nitrogen and oxygen atoms in total. The summed E-state index contributed by atoms with van der Waals surface area (Å²) >= 11 is 0. The molecular formula is C13H23NO2. The van der Waals surface area contributed by atoms with Crippen molar-refractivity contribution in [1.82, 2.24) is 5.32 Å². The summed E-state index contributed by atoms with van der Waals surface area (Å²) in [6, 6.07) is 0.467. The summed E-state index contributed by atoms with van der Waals surface area (Å²) < 4.78 is 4.89. The number of nitrogens with one attached hydrogen (secondary N) is 1. The Morgan fingerprint density at radius 1 is 1.25 bits per heavy atom. The van der Waals surface area contributed by atoms with Crippen LogP contribution in [0.3, 0.4) is 0 Å². The standard InChI is InChI=1S/C13H23NO2/c1-9-5-3-4-6-11(9)14-12(10-7-8-10)13(15)16-2/h9-12,14H,3-8H2,1-2H3. The Bertz CT molecular complexity index is 250. The SMILES string of the molecule is COC(=O)C(NC1CCCCC1C)C1CC1.